The lowest BCUT2D eigenvalue weighted by atomic mass is 10.2. The summed E-state index contributed by atoms with van der Waals surface area (Å²) in [6.45, 7) is 1.94. The Morgan fingerprint density at radius 1 is 1.68 bits per heavy atom. The summed E-state index contributed by atoms with van der Waals surface area (Å²) in [5.74, 6) is -1.09. The summed E-state index contributed by atoms with van der Waals surface area (Å²) in [6.07, 6.45) is 2.76. The molecule has 8 nitrogen and oxygen atoms in total. The van der Waals surface area contributed by atoms with E-state index in [1.807, 2.05) is 0 Å². The van der Waals surface area contributed by atoms with E-state index >= 15 is 0 Å². The summed E-state index contributed by atoms with van der Waals surface area (Å²) < 4.78 is 33.0. The zero-order valence-corrected chi connectivity index (χ0v) is 11.1. The number of aromatic nitrogens is 2. The SMILES string of the molecule is CC1OCCC1NS(=O)(=O)c1cnn(CC(=O)O)c1. The molecule has 2 atom stereocenters. The fourth-order valence-electron chi connectivity index (χ4n) is 1.86. The third-order valence-electron chi connectivity index (χ3n) is 2.90. The summed E-state index contributed by atoms with van der Waals surface area (Å²) in [7, 11) is -3.70. The van der Waals surface area contributed by atoms with Gasteiger partial charge in [-0.1, -0.05) is 0 Å². The van der Waals surface area contributed by atoms with Crippen LogP contribution in [0.2, 0.25) is 0 Å². The Morgan fingerprint density at radius 2 is 2.42 bits per heavy atom. The largest absolute Gasteiger partial charge is 0.480 e. The molecule has 0 amide bonds. The minimum Gasteiger partial charge on any atom is -0.480 e. The van der Waals surface area contributed by atoms with E-state index in [1.54, 1.807) is 6.92 Å². The molecule has 0 spiro atoms. The number of nitrogens with zero attached hydrogens (tertiary/aromatic N) is 2. The Labute approximate surface area is 110 Å². The number of aliphatic carboxylic acids is 1. The molecule has 0 bridgehead atoms. The van der Waals surface area contributed by atoms with E-state index in [0.29, 0.717) is 13.0 Å². The summed E-state index contributed by atoms with van der Waals surface area (Å²) in [5, 5.41) is 12.3. The molecular formula is C10H15N3O5S. The molecule has 2 rings (SSSR count). The van der Waals surface area contributed by atoms with Gasteiger partial charge in [-0.15, -0.1) is 0 Å². The first kappa shape index (κ1) is 14.0. The first-order valence-corrected chi connectivity index (χ1v) is 7.25. The van der Waals surface area contributed by atoms with Gasteiger partial charge >= 0.3 is 5.97 Å². The zero-order valence-electron chi connectivity index (χ0n) is 10.3. The Hall–Kier alpha value is -1.45. The van der Waals surface area contributed by atoms with Crippen molar-refractivity contribution in [1.29, 1.82) is 0 Å². The van der Waals surface area contributed by atoms with Gasteiger partial charge in [-0.2, -0.15) is 5.10 Å². The maximum Gasteiger partial charge on any atom is 0.325 e. The Kier molecular flexibility index (Phi) is 3.88. The summed E-state index contributed by atoms with van der Waals surface area (Å²) >= 11 is 0. The van der Waals surface area contributed by atoms with Crippen molar-refractivity contribution in [3.05, 3.63) is 12.4 Å². The minimum atomic E-state index is -3.70. The molecule has 2 heterocycles. The summed E-state index contributed by atoms with van der Waals surface area (Å²) in [4.78, 5) is 10.5. The van der Waals surface area contributed by atoms with Crippen molar-refractivity contribution < 1.29 is 23.1 Å². The highest BCUT2D eigenvalue weighted by Crippen LogP contribution is 2.16. The number of carbonyl (C=O) groups is 1. The molecular weight excluding hydrogens is 274 g/mol. The van der Waals surface area contributed by atoms with Crippen LogP contribution in [0.5, 0.6) is 0 Å². The van der Waals surface area contributed by atoms with Gasteiger partial charge in [0.25, 0.3) is 0 Å². The third-order valence-corrected chi connectivity index (χ3v) is 4.34. The van der Waals surface area contributed by atoms with Gasteiger partial charge < -0.3 is 9.84 Å². The number of carboxylic acids is 1. The van der Waals surface area contributed by atoms with Crippen molar-refractivity contribution in [3.8, 4) is 0 Å². The highest BCUT2D eigenvalue weighted by atomic mass is 32.2. The molecule has 2 N–H and O–H groups in total. The molecule has 1 aliphatic rings. The van der Waals surface area contributed by atoms with Gasteiger partial charge in [0.1, 0.15) is 11.4 Å². The fraction of sp³-hybridized carbons (Fsp3) is 0.600. The predicted molar refractivity (Wildman–Crippen MR) is 64.0 cm³/mol. The van der Waals surface area contributed by atoms with Crippen LogP contribution in [-0.2, 0) is 26.1 Å². The number of hydrogen-bond donors (Lipinski definition) is 2. The van der Waals surface area contributed by atoms with Crippen LogP contribution in [0.4, 0.5) is 0 Å². The zero-order chi connectivity index (χ0) is 14.0. The smallest absolute Gasteiger partial charge is 0.325 e. The topological polar surface area (TPSA) is 111 Å². The van der Waals surface area contributed by atoms with Crippen LogP contribution < -0.4 is 4.72 Å². The molecule has 9 heteroatoms. The first-order valence-electron chi connectivity index (χ1n) is 5.76. The molecule has 0 saturated carbocycles. The molecule has 19 heavy (non-hydrogen) atoms. The molecule has 0 aliphatic carbocycles. The standard InChI is InChI=1S/C10H15N3O5S/c1-7-9(2-3-18-7)12-19(16,17)8-4-11-13(5-8)6-10(14)15/h4-5,7,9,12H,2-3,6H2,1H3,(H,14,15). The molecule has 106 valence electrons. The minimum absolute atomic E-state index is 0.0483. The van der Waals surface area contributed by atoms with Crippen molar-refractivity contribution in [3.63, 3.8) is 0 Å². The summed E-state index contributed by atoms with van der Waals surface area (Å²) in [5.41, 5.74) is 0. The van der Waals surface area contributed by atoms with Gasteiger partial charge in [0, 0.05) is 12.8 Å². The fourth-order valence-corrected chi connectivity index (χ4v) is 3.15. The molecule has 0 aromatic carbocycles. The number of sulfonamides is 1. The molecule has 0 radical (unpaired) electrons. The average molecular weight is 289 g/mol. The molecule has 1 aromatic rings. The van der Waals surface area contributed by atoms with E-state index in [2.05, 4.69) is 9.82 Å². The number of carboxylic acid groups (broad SMARTS) is 1. The van der Waals surface area contributed by atoms with Crippen LogP contribution in [-0.4, -0.2) is 48.0 Å². The van der Waals surface area contributed by atoms with Crippen molar-refractivity contribution in [2.24, 2.45) is 0 Å². The van der Waals surface area contributed by atoms with Gasteiger partial charge in [0.15, 0.2) is 0 Å². The van der Waals surface area contributed by atoms with Crippen molar-refractivity contribution in [2.75, 3.05) is 6.61 Å². The quantitative estimate of drug-likeness (QED) is 0.750. The lowest BCUT2D eigenvalue weighted by Gasteiger charge is -2.15. The number of ether oxygens (including phenoxy) is 1. The van der Waals surface area contributed by atoms with Crippen LogP contribution in [0.15, 0.2) is 17.3 Å². The number of rotatable bonds is 5. The van der Waals surface area contributed by atoms with E-state index in [0.717, 1.165) is 10.9 Å². The second-order valence-electron chi connectivity index (χ2n) is 4.36. The number of nitrogens with one attached hydrogen (secondary N) is 1. The van der Waals surface area contributed by atoms with Gasteiger partial charge in [0.2, 0.25) is 10.0 Å². The van der Waals surface area contributed by atoms with Crippen molar-refractivity contribution >= 4 is 16.0 Å². The van der Waals surface area contributed by atoms with Crippen LogP contribution in [0.3, 0.4) is 0 Å². The van der Waals surface area contributed by atoms with Crippen LogP contribution in [0.1, 0.15) is 13.3 Å². The van der Waals surface area contributed by atoms with E-state index < -0.39 is 16.0 Å². The Bertz CT molecular complexity index is 567. The van der Waals surface area contributed by atoms with Crippen LogP contribution >= 0.6 is 0 Å². The lowest BCUT2D eigenvalue weighted by Crippen LogP contribution is -2.38. The maximum absolute atomic E-state index is 12.1. The van der Waals surface area contributed by atoms with E-state index in [9.17, 15) is 13.2 Å². The highest BCUT2D eigenvalue weighted by Gasteiger charge is 2.29. The highest BCUT2D eigenvalue weighted by molar-refractivity contribution is 7.89. The van der Waals surface area contributed by atoms with E-state index in [1.165, 1.54) is 6.20 Å². The lowest BCUT2D eigenvalue weighted by molar-refractivity contribution is -0.137. The van der Waals surface area contributed by atoms with Crippen LogP contribution in [0.25, 0.3) is 0 Å². The average Bonchev–Trinajstić information content (AvgIpc) is 2.88. The monoisotopic (exact) mass is 289 g/mol. The second-order valence-corrected chi connectivity index (χ2v) is 6.07. The normalized spacial score (nSPS) is 23.6. The third kappa shape index (κ3) is 3.31. The second kappa shape index (κ2) is 5.27. The maximum atomic E-state index is 12.1. The number of hydrogen-bond acceptors (Lipinski definition) is 5. The molecule has 2 unspecified atom stereocenters. The van der Waals surface area contributed by atoms with Crippen molar-refractivity contribution in [1.82, 2.24) is 14.5 Å². The first-order chi connectivity index (χ1) is 8.88. The van der Waals surface area contributed by atoms with E-state index in [4.69, 9.17) is 9.84 Å². The summed E-state index contributed by atoms with van der Waals surface area (Å²) in [6, 6.07) is -0.271. The molecule has 1 fully saturated rings. The molecule has 1 aromatic heterocycles. The van der Waals surface area contributed by atoms with Gasteiger partial charge in [-0.05, 0) is 13.3 Å². The Balaban J connectivity index is 2.10. The van der Waals surface area contributed by atoms with E-state index in [-0.39, 0.29) is 23.6 Å². The van der Waals surface area contributed by atoms with Gasteiger partial charge in [-0.3, -0.25) is 9.48 Å². The molecule has 1 saturated heterocycles. The van der Waals surface area contributed by atoms with Gasteiger partial charge in [0.05, 0.1) is 18.3 Å². The Morgan fingerprint density at radius 3 is 3.00 bits per heavy atom. The van der Waals surface area contributed by atoms with Gasteiger partial charge in [-0.25, -0.2) is 13.1 Å². The van der Waals surface area contributed by atoms with Crippen LogP contribution in [0, 0.1) is 0 Å². The predicted octanol–water partition coefficient (Wildman–Crippen LogP) is -0.577. The molecule has 1 aliphatic heterocycles. The van der Waals surface area contributed by atoms with Crippen molar-refractivity contribution in [2.45, 2.75) is 36.9 Å².